The molecule has 0 spiro atoms. The van der Waals surface area contributed by atoms with Gasteiger partial charge in [-0.3, -0.25) is 4.79 Å². The van der Waals surface area contributed by atoms with E-state index in [4.69, 9.17) is 21.1 Å². The predicted octanol–water partition coefficient (Wildman–Crippen LogP) is 4.84. The van der Waals surface area contributed by atoms with Gasteiger partial charge in [0.1, 0.15) is 5.70 Å². The minimum absolute atomic E-state index is 0.174. The molecule has 1 fully saturated rings. The first-order valence-electron chi connectivity index (χ1n) is 8.66. The zero-order valence-corrected chi connectivity index (χ0v) is 18.2. The molecule has 0 bridgehead atoms. The number of amides is 3. The molecule has 3 amide bonds. The van der Waals surface area contributed by atoms with E-state index in [9.17, 15) is 9.59 Å². The Balaban J connectivity index is 1.95. The van der Waals surface area contributed by atoms with Crippen molar-refractivity contribution >= 4 is 57.9 Å². The van der Waals surface area contributed by atoms with Gasteiger partial charge in [0.05, 0.1) is 22.5 Å². The Morgan fingerprint density at radius 1 is 1.14 bits per heavy atom. The summed E-state index contributed by atoms with van der Waals surface area (Å²) in [6, 6.07) is 9.70. The Kier molecular flexibility index (Phi) is 6.46. The second-order valence-corrected chi connectivity index (χ2v) is 7.40. The van der Waals surface area contributed by atoms with Crippen LogP contribution in [0.4, 0.5) is 10.5 Å². The summed E-state index contributed by atoms with van der Waals surface area (Å²) in [5.74, 6) is 0.801. The number of anilines is 1. The third kappa shape index (κ3) is 4.25. The van der Waals surface area contributed by atoms with Crippen LogP contribution in [-0.4, -0.2) is 25.2 Å². The maximum atomic E-state index is 12.8. The van der Waals surface area contributed by atoms with Crippen LogP contribution < -0.4 is 19.7 Å². The van der Waals surface area contributed by atoms with Crippen LogP contribution in [0.1, 0.15) is 19.4 Å². The lowest BCUT2D eigenvalue weighted by molar-refractivity contribution is -0.113. The summed E-state index contributed by atoms with van der Waals surface area (Å²) in [4.78, 5) is 26.2. The molecule has 1 N–H and O–H groups in total. The summed E-state index contributed by atoms with van der Waals surface area (Å²) >= 11 is 8.13. The van der Waals surface area contributed by atoms with Crippen molar-refractivity contribution < 1.29 is 19.1 Å². The maximum Gasteiger partial charge on any atom is 0.333 e. The molecule has 0 atom stereocenters. The number of hydrogen-bond acceptors (Lipinski definition) is 4. The molecule has 146 valence electrons. The number of rotatable bonds is 6. The van der Waals surface area contributed by atoms with Gasteiger partial charge in [0.2, 0.25) is 0 Å². The van der Waals surface area contributed by atoms with Crippen molar-refractivity contribution in [3.63, 3.8) is 0 Å². The molecule has 0 aromatic heterocycles. The number of nitrogens with zero attached hydrogens (tertiary/aromatic N) is 1. The second-order valence-electron chi connectivity index (χ2n) is 5.80. The smallest absolute Gasteiger partial charge is 0.333 e. The molecule has 28 heavy (non-hydrogen) atoms. The van der Waals surface area contributed by atoms with E-state index >= 15 is 0 Å². The number of carbonyl (C=O) groups excluding carboxylic acids is 2. The maximum absolute atomic E-state index is 12.8. The van der Waals surface area contributed by atoms with Gasteiger partial charge in [-0.15, -0.1) is 0 Å². The Morgan fingerprint density at radius 2 is 1.89 bits per heavy atom. The van der Waals surface area contributed by atoms with Crippen LogP contribution >= 0.6 is 34.2 Å². The molecular weight excluding hydrogens is 495 g/mol. The van der Waals surface area contributed by atoms with Crippen molar-refractivity contribution in [2.75, 3.05) is 18.1 Å². The van der Waals surface area contributed by atoms with Crippen molar-refractivity contribution in [2.24, 2.45) is 0 Å². The number of carbonyl (C=O) groups is 2. The zero-order valence-electron chi connectivity index (χ0n) is 15.3. The van der Waals surface area contributed by atoms with Gasteiger partial charge >= 0.3 is 6.03 Å². The Labute approximate surface area is 181 Å². The van der Waals surface area contributed by atoms with E-state index in [-0.39, 0.29) is 5.70 Å². The highest BCUT2D eigenvalue weighted by atomic mass is 127. The Hall–Kier alpha value is -2.26. The highest BCUT2D eigenvalue weighted by Gasteiger charge is 2.35. The van der Waals surface area contributed by atoms with E-state index in [0.29, 0.717) is 41.0 Å². The predicted molar refractivity (Wildman–Crippen MR) is 117 cm³/mol. The fourth-order valence-corrected chi connectivity index (χ4v) is 3.74. The number of ether oxygens (including phenoxy) is 2. The van der Waals surface area contributed by atoms with Gasteiger partial charge in [0, 0.05) is 5.02 Å². The molecule has 8 heteroatoms. The average molecular weight is 513 g/mol. The van der Waals surface area contributed by atoms with Crippen LogP contribution in [0.25, 0.3) is 6.08 Å². The highest BCUT2D eigenvalue weighted by molar-refractivity contribution is 14.1. The lowest BCUT2D eigenvalue weighted by Gasteiger charge is -2.14. The molecule has 1 saturated heterocycles. The monoisotopic (exact) mass is 512 g/mol. The molecule has 0 saturated carbocycles. The number of nitrogens with one attached hydrogen (secondary N) is 1. The third-order valence-electron chi connectivity index (χ3n) is 3.88. The van der Waals surface area contributed by atoms with Crippen molar-refractivity contribution in [3.05, 3.63) is 56.3 Å². The van der Waals surface area contributed by atoms with Crippen molar-refractivity contribution in [1.29, 1.82) is 0 Å². The SMILES string of the molecule is CCOc1cc(C=C2NC(=O)N(c3cccc(Cl)c3)C2=O)cc(I)c1OCC. The summed E-state index contributed by atoms with van der Waals surface area (Å²) in [6.45, 7) is 4.78. The third-order valence-corrected chi connectivity index (χ3v) is 4.91. The van der Waals surface area contributed by atoms with Crippen molar-refractivity contribution in [2.45, 2.75) is 13.8 Å². The molecule has 2 aromatic carbocycles. The lowest BCUT2D eigenvalue weighted by atomic mass is 10.1. The van der Waals surface area contributed by atoms with Gasteiger partial charge in [-0.05, 0) is 78.4 Å². The van der Waals surface area contributed by atoms with E-state index in [1.165, 1.54) is 0 Å². The van der Waals surface area contributed by atoms with Gasteiger partial charge in [0.25, 0.3) is 5.91 Å². The highest BCUT2D eigenvalue weighted by Crippen LogP contribution is 2.35. The molecule has 6 nitrogen and oxygen atoms in total. The van der Waals surface area contributed by atoms with Crippen molar-refractivity contribution in [1.82, 2.24) is 5.32 Å². The van der Waals surface area contributed by atoms with Crippen LogP contribution in [0, 0.1) is 3.57 Å². The number of imide groups is 1. The van der Waals surface area contributed by atoms with Crippen molar-refractivity contribution in [3.8, 4) is 11.5 Å². The van der Waals surface area contributed by atoms with Gasteiger partial charge in [-0.25, -0.2) is 9.69 Å². The van der Waals surface area contributed by atoms with E-state index in [1.54, 1.807) is 36.4 Å². The Morgan fingerprint density at radius 3 is 2.57 bits per heavy atom. The molecule has 0 unspecified atom stereocenters. The molecule has 1 aliphatic heterocycles. The summed E-state index contributed by atoms with van der Waals surface area (Å²) in [6.07, 6.45) is 1.62. The molecule has 3 rings (SSSR count). The number of halogens is 2. The van der Waals surface area contributed by atoms with Crippen LogP contribution in [0.15, 0.2) is 42.1 Å². The number of benzene rings is 2. The molecule has 2 aromatic rings. The van der Waals surface area contributed by atoms with Gasteiger partial charge in [-0.2, -0.15) is 0 Å². The lowest BCUT2D eigenvalue weighted by Crippen LogP contribution is -2.30. The standard InChI is InChI=1S/C20H18ClIN2O4/c1-3-27-17-10-12(8-15(22)18(17)28-4-2)9-16-19(25)24(20(26)23-16)14-7-5-6-13(21)11-14/h5-11H,3-4H2,1-2H3,(H,23,26). The summed E-state index contributed by atoms with van der Waals surface area (Å²) < 4.78 is 12.2. The van der Waals surface area contributed by atoms with E-state index in [1.807, 2.05) is 19.9 Å². The van der Waals surface area contributed by atoms with E-state index in [0.717, 1.165) is 8.47 Å². The molecule has 1 heterocycles. The van der Waals surface area contributed by atoms with Gasteiger partial charge in [-0.1, -0.05) is 17.7 Å². The quantitative estimate of drug-likeness (QED) is 0.342. The topological polar surface area (TPSA) is 67.9 Å². The van der Waals surface area contributed by atoms with Crippen LogP contribution in [0.5, 0.6) is 11.5 Å². The molecular formula is C20H18ClIN2O4. The molecule has 0 aliphatic carbocycles. The first kappa shape index (κ1) is 20.5. The largest absolute Gasteiger partial charge is 0.490 e. The summed E-state index contributed by atoms with van der Waals surface area (Å²) in [5, 5.41) is 3.05. The normalized spacial score (nSPS) is 15.1. The number of urea groups is 1. The number of hydrogen-bond donors (Lipinski definition) is 1. The van der Waals surface area contributed by atoms with E-state index < -0.39 is 11.9 Å². The fourth-order valence-electron chi connectivity index (χ4n) is 2.77. The van der Waals surface area contributed by atoms with Gasteiger partial charge in [0.15, 0.2) is 11.5 Å². The molecule has 0 radical (unpaired) electrons. The van der Waals surface area contributed by atoms with Crippen LogP contribution in [0.3, 0.4) is 0 Å². The average Bonchev–Trinajstić information content (AvgIpc) is 2.91. The zero-order chi connectivity index (χ0) is 20.3. The Bertz CT molecular complexity index is 961. The first-order valence-corrected chi connectivity index (χ1v) is 10.1. The minimum Gasteiger partial charge on any atom is -0.490 e. The summed E-state index contributed by atoms with van der Waals surface area (Å²) in [5.41, 5.74) is 1.30. The van der Waals surface area contributed by atoms with Crippen LogP contribution in [-0.2, 0) is 4.79 Å². The fraction of sp³-hybridized carbons (Fsp3) is 0.200. The van der Waals surface area contributed by atoms with Gasteiger partial charge < -0.3 is 14.8 Å². The minimum atomic E-state index is -0.524. The van der Waals surface area contributed by atoms with E-state index in [2.05, 4.69) is 27.9 Å². The van der Waals surface area contributed by atoms with Crippen LogP contribution in [0.2, 0.25) is 5.02 Å². The summed E-state index contributed by atoms with van der Waals surface area (Å²) in [7, 11) is 0. The molecule has 1 aliphatic rings. The second kappa shape index (κ2) is 8.83. The first-order chi connectivity index (χ1) is 13.4.